The van der Waals surface area contributed by atoms with Crippen LogP contribution in [0.3, 0.4) is 0 Å². The second kappa shape index (κ2) is 9.77. The number of hydrogen-bond acceptors (Lipinski definition) is 8. The third kappa shape index (κ3) is 5.52. The first kappa shape index (κ1) is 22.4. The molecular weight excluding hydrogens is 452 g/mol. The predicted molar refractivity (Wildman–Crippen MR) is 118 cm³/mol. The van der Waals surface area contributed by atoms with Crippen molar-refractivity contribution < 1.29 is 18.0 Å². The number of anilines is 2. The van der Waals surface area contributed by atoms with E-state index in [1.807, 2.05) is 6.92 Å². The van der Waals surface area contributed by atoms with Crippen molar-refractivity contribution in [2.45, 2.75) is 24.1 Å². The first-order chi connectivity index (χ1) is 15.9. The minimum Gasteiger partial charge on any atom is -0.440 e. The molecule has 0 radical (unpaired) electrons. The molecule has 0 aliphatic heterocycles. The largest absolute Gasteiger partial charge is 0.440 e. The van der Waals surface area contributed by atoms with Crippen LogP contribution in [0, 0.1) is 6.92 Å². The van der Waals surface area contributed by atoms with Crippen molar-refractivity contribution in [2.75, 3.05) is 5.32 Å². The Morgan fingerprint density at radius 2 is 2.12 bits per heavy atom. The Morgan fingerprint density at radius 3 is 2.88 bits per heavy atom. The third-order valence-electron chi connectivity index (χ3n) is 4.55. The maximum atomic E-state index is 12.6. The Balaban J connectivity index is 1.45. The molecule has 3 heterocycles. The van der Waals surface area contributed by atoms with Gasteiger partial charge in [0.05, 0.1) is 6.20 Å². The zero-order valence-corrected chi connectivity index (χ0v) is 18.4. The van der Waals surface area contributed by atoms with Crippen LogP contribution in [0.5, 0.6) is 0 Å². The number of alkyl halides is 2. The van der Waals surface area contributed by atoms with Crippen LogP contribution in [-0.2, 0) is 13.6 Å². The predicted octanol–water partition coefficient (Wildman–Crippen LogP) is 4.16. The van der Waals surface area contributed by atoms with Gasteiger partial charge in [-0.2, -0.15) is 13.9 Å². The highest BCUT2D eigenvalue weighted by molar-refractivity contribution is 7.99. The van der Waals surface area contributed by atoms with E-state index in [-0.39, 0.29) is 12.4 Å². The number of aryl methyl sites for hydroxylation is 2. The number of carbonyl (C=O) groups excluding carboxylic acids is 1. The zero-order chi connectivity index (χ0) is 23.4. The van der Waals surface area contributed by atoms with Crippen LogP contribution in [-0.4, -0.2) is 36.4 Å². The molecule has 12 heteroatoms. The van der Waals surface area contributed by atoms with Gasteiger partial charge in [0.2, 0.25) is 5.95 Å². The van der Waals surface area contributed by atoms with Crippen molar-refractivity contribution >= 4 is 29.4 Å². The Labute approximate surface area is 191 Å². The zero-order valence-electron chi connectivity index (χ0n) is 17.6. The standard InChI is InChI=1S/C21H19F2N7O2S/c1-12-9-25-21(28-16-6-7-26-30(16)2)29-17(12)15-11-32-19(27-15)18(31)24-10-13-4-3-5-14(8-13)33-20(22)23/h3-9,11,20H,10H2,1-2H3,(H,24,31)(H,25,28,29). The second-order valence-electron chi connectivity index (χ2n) is 6.94. The first-order valence-electron chi connectivity index (χ1n) is 9.75. The van der Waals surface area contributed by atoms with E-state index >= 15 is 0 Å². The molecule has 0 saturated heterocycles. The van der Waals surface area contributed by atoms with Gasteiger partial charge in [-0.3, -0.25) is 9.48 Å². The van der Waals surface area contributed by atoms with Gasteiger partial charge in [0.1, 0.15) is 23.5 Å². The van der Waals surface area contributed by atoms with Crippen molar-refractivity contribution in [1.82, 2.24) is 30.0 Å². The number of amides is 1. The van der Waals surface area contributed by atoms with E-state index in [9.17, 15) is 13.6 Å². The molecule has 0 aliphatic rings. The van der Waals surface area contributed by atoms with Gasteiger partial charge >= 0.3 is 5.91 Å². The summed E-state index contributed by atoms with van der Waals surface area (Å²) >= 11 is 0.449. The van der Waals surface area contributed by atoms with E-state index < -0.39 is 11.7 Å². The molecule has 0 fully saturated rings. The van der Waals surface area contributed by atoms with Gasteiger partial charge < -0.3 is 15.1 Å². The van der Waals surface area contributed by atoms with E-state index in [1.165, 1.54) is 6.26 Å². The number of nitrogens with one attached hydrogen (secondary N) is 2. The number of halogens is 2. The molecule has 4 aromatic rings. The van der Waals surface area contributed by atoms with E-state index in [2.05, 4.69) is 30.7 Å². The minimum atomic E-state index is -2.51. The minimum absolute atomic E-state index is 0.137. The van der Waals surface area contributed by atoms with Gasteiger partial charge in [-0.1, -0.05) is 23.9 Å². The summed E-state index contributed by atoms with van der Waals surface area (Å²) in [5.41, 5.74) is 2.31. The summed E-state index contributed by atoms with van der Waals surface area (Å²) in [7, 11) is 1.79. The topological polar surface area (TPSA) is 111 Å². The summed E-state index contributed by atoms with van der Waals surface area (Å²) in [4.78, 5) is 25.9. The molecule has 0 unspecified atom stereocenters. The van der Waals surface area contributed by atoms with Crippen LogP contribution in [0.2, 0.25) is 0 Å². The Morgan fingerprint density at radius 1 is 1.27 bits per heavy atom. The van der Waals surface area contributed by atoms with Crippen molar-refractivity contribution in [2.24, 2.45) is 7.05 Å². The summed E-state index contributed by atoms with van der Waals surface area (Å²) in [6, 6.07) is 8.36. The lowest BCUT2D eigenvalue weighted by Crippen LogP contribution is -2.23. The highest BCUT2D eigenvalue weighted by atomic mass is 32.2. The molecular formula is C21H19F2N7O2S. The fraction of sp³-hybridized carbons (Fsp3) is 0.190. The molecule has 3 aromatic heterocycles. The Hall–Kier alpha value is -3.80. The quantitative estimate of drug-likeness (QED) is 0.369. The smallest absolute Gasteiger partial charge is 0.307 e. The summed E-state index contributed by atoms with van der Waals surface area (Å²) in [6.45, 7) is 1.96. The number of benzene rings is 1. The highest BCUT2D eigenvalue weighted by Crippen LogP contribution is 2.26. The van der Waals surface area contributed by atoms with E-state index in [4.69, 9.17) is 4.42 Å². The number of hydrogen-bond donors (Lipinski definition) is 2. The molecule has 33 heavy (non-hydrogen) atoms. The third-order valence-corrected chi connectivity index (χ3v) is 5.25. The molecule has 0 saturated carbocycles. The van der Waals surface area contributed by atoms with Crippen LogP contribution in [0.25, 0.3) is 11.4 Å². The van der Waals surface area contributed by atoms with Gasteiger partial charge in [0.25, 0.3) is 11.6 Å². The first-order valence-corrected chi connectivity index (χ1v) is 10.6. The maximum Gasteiger partial charge on any atom is 0.307 e. The normalized spacial score (nSPS) is 11.1. The monoisotopic (exact) mass is 471 g/mol. The summed E-state index contributed by atoms with van der Waals surface area (Å²) in [5.74, 6) is -2.13. The van der Waals surface area contributed by atoms with Gasteiger partial charge in [0.15, 0.2) is 0 Å². The molecule has 0 spiro atoms. The van der Waals surface area contributed by atoms with Crippen molar-refractivity contribution in [3.63, 3.8) is 0 Å². The second-order valence-corrected chi connectivity index (χ2v) is 8.00. The SMILES string of the molecule is Cc1cnc(Nc2ccnn2C)nc1-c1coc(C(=O)NCc2cccc(SC(F)F)c2)n1. The average Bonchev–Trinajstić information content (AvgIpc) is 3.43. The van der Waals surface area contributed by atoms with Crippen LogP contribution < -0.4 is 10.6 Å². The van der Waals surface area contributed by atoms with Crippen LogP contribution >= 0.6 is 11.8 Å². The Kier molecular flexibility index (Phi) is 6.63. The average molecular weight is 471 g/mol. The number of rotatable bonds is 8. The number of oxazole rings is 1. The van der Waals surface area contributed by atoms with Gasteiger partial charge in [-0.05, 0) is 30.2 Å². The molecule has 0 atom stereocenters. The number of thioether (sulfide) groups is 1. The molecule has 170 valence electrons. The van der Waals surface area contributed by atoms with Gasteiger partial charge in [0, 0.05) is 30.8 Å². The molecule has 4 rings (SSSR count). The van der Waals surface area contributed by atoms with Crippen molar-refractivity contribution in [3.8, 4) is 11.4 Å². The fourth-order valence-electron chi connectivity index (χ4n) is 2.95. The van der Waals surface area contributed by atoms with E-state index in [0.29, 0.717) is 45.4 Å². The molecule has 0 aliphatic carbocycles. The number of carbonyl (C=O) groups is 1. The van der Waals surface area contributed by atoms with Crippen LogP contribution in [0.1, 0.15) is 21.8 Å². The highest BCUT2D eigenvalue weighted by Gasteiger charge is 2.17. The van der Waals surface area contributed by atoms with Crippen molar-refractivity contribution in [3.05, 3.63) is 66.0 Å². The molecule has 1 aromatic carbocycles. The van der Waals surface area contributed by atoms with Crippen molar-refractivity contribution in [1.29, 1.82) is 0 Å². The molecule has 0 bridgehead atoms. The van der Waals surface area contributed by atoms with E-state index in [1.54, 1.807) is 54.5 Å². The molecule has 9 nitrogen and oxygen atoms in total. The maximum absolute atomic E-state index is 12.6. The lowest BCUT2D eigenvalue weighted by molar-refractivity contribution is 0.0916. The molecule has 1 amide bonds. The fourth-order valence-corrected chi connectivity index (χ4v) is 3.53. The summed E-state index contributed by atoms with van der Waals surface area (Å²) in [5, 5.41) is 9.82. The number of aromatic nitrogens is 5. The lowest BCUT2D eigenvalue weighted by Gasteiger charge is -2.07. The summed E-state index contributed by atoms with van der Waals surface area (Å²) < 4.78 is 32.1. The lowest BCUT2D eigenvalue weighted by atomic mass is 10.2. The van der Waals surface area contributed by atoms with Crippen LogP contribution in [0.4, 0.5) is 20.5 Å². The van der Waals surface area contributed by atoms with Gasteiger partial charge in [-0.25, -0.2) is 15.0 Å². The number of nitrogens with zero attached hydrogens (tertiary/aromatic N) is 5. The van der Waals surface area contributed by atoms with E-state index in [0.717, 1.165) is 5.56 Å². The molecule has 2 N–H and O–H groups in total. The van der Waals surface area contributed by atoms with Gasteiger partial charge in [-0.15, -0.1) is 0 Å². The Bertz CT molecular complexity index is 1270. The van der Waals surface area contributed by atoms with Crippen LogP contribution in [0.15, 0.2) is 58.3 Å². The summed E-state index contributed by atoms with van der Waals surface area (Å²) in [6.07, 6.45) is 4.63.